The summed E-state index contributed by atoms with van der Waals surface area (Å²) in [7, 11) is 0. The Hall–Kier alpha value is -3.59. The highest BCUT2D eigenvalue weighted by molar-refractivity contribution is 6.32. The fraction of sp³-hybridized carbons (Fsp3) is 0.360. The van der Waals surface area contributed by atoms with Crippen molar-refractivity contribution in [1.29, 1.82) is 0 Å². The second-order valence-electron chi connectivity index (χ2n) is 8.52. The summed E-state index contributed by atoms with van der Waals surface area (Å²) in [6.45, 7) is 0.835. The molecule has 2 aromatic rings. The van der Waals surface area contributed by atoms with Crippen molar-refractivity contribution in [2.24, 2.45) is 15.2 Å². The van der Waals surface area contributed by atoms with Crippen LogP contribution in [0.2, 0.25) is 5.02 Å². The molecule has 9 nitrogen and oxygen atoms in total. The summed E-state index contributed by atoms with van der Waals surface area (Å²) in [4.78, 5) is 42.2. The molecule has 2 aliphatic heterocycles. The Morgan fingerprint density at radius 1 is 1.09 bits per heavy atom. The molecule has 0 saturated heterocycles. The minimum absolute atomic E-state index is 0.0221. The van der Waals surface area contributed by atoms with Crippen molar-refractivity contribution in [1.82, 2.24) is 5.32 Å². The van der Waals surface area contributed by atoms with Gasteiger partial charge in [0, 0.05) is 54.9 Å². The van der Waals surface area contributed by atoms with E-state index < -0.39 is 11.6 Å². The van der Waals surface area contributed by atoms with Gasteiger partial charge in [-0.25, -0.2) is 0 Å². The lowest BCUT2D eigenvalue weighted by Gasteiger charge is -2.23. The van der Waals surface area contributed by atoms with Gasteiger partial charge in [-0.1, -0.05) is 41.9 Å². The molecular weight excluding hydrogens is 470 g/mol. The first-order chi connectivity index (χ1) is 16.9. The topological polar surface area (TPSA) is 124 Å². The molecule has 4 rings (SSSR count). The van der Waals surface area contributed by atoms with Gasteiger partial charge in [0.1, 0.15) is 6.54 Å². The van der Waals surface area contributed by atoms with Gasteiger partial charge in [0.25, 0.3) is 0 Å². The first kappa shape index (κ1) is 24.5. The lowest BCUT2D eigenvalue weighted by Crippen LogP contribution is -2.35. The number of carbonyl (C=O) groups is 3. The molecule has 0 radical (unpaired) electrons. The molecule has 10 heteroatoms. The standard InChI is InChI=1S/C25H26ClN5O4/c26-18-7-8-20-19(15-18)24(17-5-2-1-3-6-17)28-16-22(33)31(20)14-4-13-27-21(32)9-11-25(29-30-25)12-10-23(34)35/h1-3,5-8,15H,4,9-14,16H2,(H,27,32)(H,34,35). The van der Waals surface area contributed by atoms with Gasteiger partial charge in [0.05, 0.1) is 11.4 Å². The molecule has 2 heterocycles. The van der Waals surface area contributed by atoms with Gasteiger partial charge in [-0.05, 0) is 24.6 Å². The van der Waals surface area contributed by atoms with Crippen molar-refractivity contribution >= 4 is 40.8 Å². The van der Waals surface area contributed by atoms with Crippen molar-refractivity contribution in [2.45, 2.75) is 37.8 Å². The number of carboxylic acid groups (broad SMARTS) is 1. The number of aliphatic imine (C=N–C) groups is 1. The summed E-state index contributed by atoms with van der Waals surface area (Å²) in [5.74, 6) is -1.18. The number of rotatable bonds is 11. The van der Waals surface area contributed by atoms with Gasteiger partial charge in [0.2, 0.25) is 11.8 Å². The van der Waals surface area contributed by atoms with Crippen LogP contribution in [0.25, 0.3) is 0 Å². The van der Waals surface area contributed by atoms with Gasteiger partial charge in [-0.3, -0.25) is 19.4 Å². The fourth-order valence-electron chi connectivity index (χ4n) is 4.04. The second kappa shape index (κ2) is 10.8. The van der Waals surface area contributed by atoms with Crippen LogP contribution in [0.1, 0.15) is 43.2 Å². The zero-order chi connectivity index (χ0) is 24.8. The highest BCUT2D eigenvalue weighted by Gasteiger charge is 2.40. The Morgan fingerprint density at radius 2 is 1.83 bits per heavy atom. The number of carboxylic acids is 1. The minimum Gasteiger partial charge on any atom is -0.481 e. The summed E-state index contributed by atoms with van der Waals surface area (Å²) in [5, 5.41) is 20.1. The Balaban J connectivity index is 1.33. The quantitative estimate of drug-likeness (QED) is 0.459. The fourth-order valence-corrected chi connectivity index (χ4v) is 4.21. The summed E-state index contributed by atoms with van der Waals surface area (Å²) in [6.07, 6.45) is 1.44. The van der Waals surface area contributed by atoms with Crippen molar-refractivity contribution in [3.63, 3.8) is 0 Å². The summed E-state index contributed by atoms with van der Waals surface area (Å²) < 4.78 is 0. The van der Waals surface area contributed by atoms with E-state index in [0.29, 0.717) is 37.4 Å². The van der Waals surface area contributed by atoms with Crippen LogP contribution in [0, 0.1) is 0 Å². The second-order valence-corrected chi connectivity index (χ2v) is 8.95. The third-order valence-electron chi connectivity index (χ3n) is 5.98. The molecule has 0 aliphatic carbocycles. The molecule has 0 atom stereocenters. The number of hydrogen-bond acceptors (Lipinski definition) is 6. The van der Waals surface area contributed by atoms with E-state index in [1.165, 1.54) is 0 Å². The first-order valence-electron chi connectivity index (χ1n) is 11.5. The summed E-state index contributed by atoms with van der Waals surface area (Å²) in [5.41, 5.74) is 2.45. The zero-order valence-corrected chi connectivity index (χ0v) is 19.9. The van der Waals surface area contributed by atoms with Gasteiger partial charge in [-0.15, -0.1) is 0 Å². The van der Waals surface area contributed by atoms with Gasteiger partial charge in [-0.2, -0.15) is 10.2 Å². The molecule has 0 aromatic heterocycles. The van der Waals surface area contributed by atoms with Crippen LogP contribution in [0.15, 0.2) is 63.8 Å². The Bertz CT molecular complexity index is 1180. The van der Waals surface area contributed by atoms with Crippen LogP contribution < -0.4 is 10.2 Å². The predicted octanol–water partition coefficient (Wildman–Crippen LogP) is 3.84. The molecule has 0 unspecified atom stereocenters. The third-order valence-corrected chi connectivity index (χ3v) is 6.22. The van der Waals surface area contributed by atoms with Crippen LogP contribution in [0.4, 0.5) is 5.69 Å². The lowest BCUT2D eigenvalue weighted by molar-refractivity contribution is -0.137. The number of nitrogens with zero attached hydrogens (tertiary/aromatic N) is 4. The van der Waals surface area contributed by atoms with Gasteiger partial charge >= 0.3 is 5.97 Å². The van der Waals surface area contributed by atoms with Gasteiger partial charge < -0.3 is 15.3 Å². The number of aliphatic carboxylic acids is 1. The van der Waals surface area contributed by atoms with Crippen LogP contribution in [0.3, 0.4) is 0 Å². The number of halogens is 1. The predicted molar refractivity (Wildman–Crippen MR) is 132 cm³/mol. The number of carbonyl (C=O) groups excluding carboxylic acids is 2. The molecule has 0 bridgehead atoms. The van der Waals surface area contributed by atoms with E-state index in [2.05, 4.69) is 20.5 Å². The molecule has 2 aliphatic rings. The summed E-state index contributed by atoms with van der Waals surface area (Å²) >= 11 is 6.28. The highest BCUT2D eigenvalue weighted by Crippen LogP contribution is 2.37. The maximum absolute atomic E-state index is 12.9. The largest absolute Gasteiger partial charge is 0.481 e. The average Bonchev–Trinajstić information content (AvgIpc) is 3.64. The number of benzene rings is 2. The normalized spacial score (nSPS) is 15.7. The number of hydrogen-bond donors (Lipinski definition) is 2. The maximum Gasteiger partial charge on any atom is 0.303 e. The van der Waals surface area contributed by atoms with Crippen LogP contribution in [-0.4, -0.2) is 53.9 Å². The molecule has 0 saturated carbocycles. The molecule has 182 valence electrons. The van der Waals surface area contributed by atoms with Gasteiger partial charge in [0.15, 0.2) is 5.66 Å². The Morgan fingerprint density at radius 3 is 2.54 bits per heavy atom. The molecular formula is C25H26ClN5O4. The number of amides is 2. The van der Waals surface area contributed by atoms with E-state index in [1.54, 1.807) is 11.0 Å². The number of fused-ring (bicyclic) bond motifs is 1. The monoisotopic (exact) mass is 495 g/mol. The Labute approximate surface area is 207 Å². The van der Waals surface area contributed by atoms with Crippen molar-refractivity contribution in [2.75, 3.05) is 24.5 Å². The molecule has 2 amide bonds. The lowest BCUT2D eigenvalue weighted by atomic mass is 10.00. The first-order valence-corrected chi connectivity index (χ1v) is 11.9. The molecule has 2 aromatic carbocycles. The Kier molecular flexibility index (Phi) is 7.55. The van der Waals surface area contributed by atoms with Crippen LogP contribution in [0.5, 0.6) is 0 Å². The van der Waals surface area contributed by atoms with Crippen molar-refractivity contribution in [3.05, 3.63) is 64.7 Å². The zero-order valence-electron chi connectivity index (χ0n) is 19.1. The smallest absolute Gasteiger partial charge is 0.303 e. The van der Waals surface area contributed by atoms with E-state index in [1.807, 2.05) is 42.5 Å². The average molecular weight is 496 g/mol. The number of benzodiazepines with no additional fused rings is 1. The number of nitrogens with one attached hydrogen (secondary N) is 1. The third kappa shape index (κ3) is 6.30. The van der Waals surface area contributed by atoms with E-state index in [9.17, 15) is 14.4 Å². The molecule has 35 heavy (non-hydrogen) atoms. The van der Waals surface area contributed by atoms with E-state index in [4.69, 9.17) is 16.7 Å². The van der Waals surface area contributed by atoms with Crippen LogP contribution in [-0.2, 0) is 14.4 Å². The van der Waals surface area contributed by atoms with E-state index in [-0.39, 0.29) is 31.2 Å². The molecule has 2 N–H and O–H groups in total. The van der Waals surface area contributed by atoms with Crippen molar-refractivity contribution in [3.8, 4) is 0 Å². The van der Waals surface area contributed by atoms with E-state index in [0.717, 1.165) is 22.5 Å². The highest BCUT2D eigenvalue weighted by atomic mass is 35.5. The van der Waals surface area contributed by atoms with Crippen LogP contribution >= 0.6 is 11.6 Å². The molecule has 0 spiro atoms. The maximum atomic E-state index is 12.9. The van der Waals surface area contributed by atoms with E-state index >= 15 is 0 Å². The SMILES string of the molecule is O=C(O)CCC1(CCC(=O)NCCCN2C(=O)CN=C(c3ccccc3)c3cc(Cl)ccc32)N=N1. The summed E-state index contributed by atoms with van der Waals surface area (Å²) in [6, 6.07) is 15.1. The van der Waals surface area contributed by atoms with Crippen molar-refractivity contribution < 1.29 is 19.5 Å². The minimum atomic E-state index is -0.903. The molecule has 0 fully saturated rings. The number of anilines is 1.